The normalized spacial score (nSPS) is 23.5. The van der Waals surface area contributed by atoms with Crippen LogP contribution < -0.4 is 10.6 Å². The van der Waals surface area contributed by atoms with Crippen molar-refractivity contribution in [3.63, 3.8) is 0 Å². The lowest BCUT2D eigenvalue weighted by Crippen LogP contribution is -2.42. The van der Waals surface area contributed by atoms with E-state index >= 15 is 0 Å². The summed E-state index contributed by atoms with van der Waals surface area (Å²) in [4.78, 5) is 16.0. The van der Waals surface area contributed by atoms with E-state index in [2.05, 4.69) is 65.6 Å². The van der Waals surface area contributed by atoms with Crippen LogP contribution in [0.1, 0.15) is 91.4 Å². The molecule has 0 N–H and O–H groups in total. The van der Waals surface area contributed by atoms with Crippen molar-refractivity contribution in [2.24, 2.45) is 0 Å². The van der Waals surface area contributed by atoms with Gasteiger partial charge in [0.15, 0.2) is 0 Å². The van der Waals surface area contributed by atoms with Crippen LogP contribution in [0.25, 0.3) is 0 Å². The molecule has 1 aliphatic heterocycles. The van der Waals surface area contributed by atoms with Crippen molar-refractivity contribution in [3.05, 3.63) is 60.7 Å². The van der Waals surface area contributed by atoms with Gasteiger partial charge in [0.2, 0.25) is 0 Å². The van der Waals surface area contributed by atoms with Crippen molar-refractivity contribution >= 4 is 32.5 Å². The maximum atomic E-state index is 13.8. The van der Waals surface area contributed by atoms with Crippen LogP contribution in [-0.2, 0) is 4.74 Å². The highest BCUT2D eigenvalue weighted by Gasteiger charge is 2.45. The SMILES string of the molecule is CC(C)(C)OC(=O)N1C[C@@H](P(C2CCCCC2)C2CCCCC2)C[C@H]1CP(c1ccccc1)c1ccccc1. The summed E-state index contributed by atoms with van der Waals surface area (Å²) in [5.41, 5.74) is 2.00. The number of ether oxygens (including phenoxy) is 1. The van der Waals surface area contributed by atoms with E-state index in [1.54, 1.807) is 0 Å². The molecule has 0 bridgehead atoms. The molecule has 0 unspecified atom stereocenters. The van der Waals surface area contributed by atoms with E-state index in [9.17, 15) is 4.79 Å². The molecule has 2 aromatic rings. The van der Waals surface area contributed by atoms with Crippen molar-refractivity contribution in [2.75, 3.05) is 12.7 Å². The van der Waals surface area contributed by atoms with Crippen LogP contribution in [0.15, 0.2) is 60.7 Å². The van der Waals surface area contributed by atoms with Crippen molar-refractivity contribution in [1.29, 1.82) is 0 Å². The average Bonchev–Trinajstić information content (AvgIpc) is 3.36. The second-order valence-electron chi connectivity index (χ2n) is 13.0. The molecule has 5 rings (SSSR count). The number of carbonyl (C=O) groups is 1. The lowest BCUT2D eigenvalue weighted by molar-refractivity contribution is 0.0242. The molecule has 1 saturated heterocycles. The third-order valence-corrected chi connectivity index (χ3v) is 15.5. The first-order valence-electron chi connectivity index (χ1n) is 15.5. The fourth-order valence-electron chi connectivity index (χ4n) is 7.26. The Balaban J connectivity index is 1.45. The largest absolute Gasteiger partial charge is 0.444 e. The van der Waals surface area contributed by atoms with Crippen LogP contribution in [-0.4, -0.2) is 52.3 Å². The van der Waals surface area contributed by atoms with E-state index in [0.717, 1.165) is 30.4 Å². The minimum Gasteiger partial charge on any atom is -0.444 e. The van der Waals surface area contributed by atoms with Gasteiger partial charge >= 0.3 is 6.09 Å². The molecule has 39 heavy (non-hydrogen) atoms. The van der Waals surface area contributed by atoms with Gasteiger partial charge in [0.1, 0.15) is 5.60 Å². The molecular weight excluding hydrogens is 516 g/mol. The predicted molar refractivity (Wildman–Crippen MR) is 170 cm³/mol. The summed E-state index contributed by atoms with van der Waals surface area (Å²) in [7, 11) is -0.641. The smallest absolute Gasteiger partial charge is 0.410 e. The molecule has 1 amide bonds. The van der Waals surface area contributed by atoms with E-state index in [0.29, 0.717) is 5.66 Å². The summed E-state index contributed by atoms with van der Waals surface area (Å²) >= 11 is 0. The summed E-state index contributed by atoms with van der Waals surface area (Å²) in [5, 5.41) is 2.82. The zero-order valence-corrected chi connectivity index (χ0v) is 26.2. The minimum absolute atomic E-state index is 0.0850. The number of nitrogens with zero attached hydrogens (tertiary/aromatic N) is 1. The van der Waals surface area contributed by atoms with Gasteiger partial charge < -0.3 is 9.64 Å². The Morgan fingerprint density at radius 2 is 1.26 bits per heavy atom. The average molecular weight is 566 g/mol. The number of hydrogen-bond donors (Lipinski definition) is 0. The number of amides is 1. The topological polar surface area (TPSA) is 29.5 Å². The lowest BCUT2D eigenvalue weighted by atomic mass is 9.99. The number of rotatable bonds is 7. The zero-order chi connectivity index (χ0) is 27.2. The van der Waals surface area contributed by atoms with Gasteiger partial charge in [-0.15, -0.1) is 0 Å². The van der Waals surface area contributed by atoms with Crippen molar-refractivity contribution in [1.82, 2.24) is 4.90 Å². The second kappa shape index (κ2) is 13.5. The molecule has 212 valence electrons. The summed E-state index contributed by atoms with van der Waals surface area (Å²) < 4.78 is 6.07. The predicted octanol–water partition coefficient (Wildman–Crippen LogP) is 8.64. The van der Waals surface area contributed by atoms with E-state index < -0.39 is 13.5 Å². The van der Waals surface area contributed by atoms with Crippen LogP contribution in [0.3, 0.4) is 0 Å². The minimum atomic E-state index is -0.556. The molecule has 2 aliphatic carbocycles. The molecule has 3 aliphatic rings. The Morgan fingerprint density at radius 1 is 0.769 bits per heavy atom. The fraction of sp³-hybridized carbons (Fsp3) is 0.618. The Hall–Kier alpha value is -1.43. The first-order valence-corrected chi connectivity index (χ1v) is 18.6. The van der Waals surface area contributed by atoms with Crippen molar-refractivity contribution < 1.29 is 9.53 Å². The third-order valence-electron chi connectivity index (χ3n) is 8.96. The van der Waals surface area contributed by atoms with Crippen LogP contribution in [0, 0.1) is 0 Å². The maximum Gasteiger partial charge on any atom is 0.410 e. The number of carbonyl (C=O) groups excluding carboxylic acids is 1. The van der Waals surface area contributed by atoms with E-state index in [4.69, 9.17) is 4.74 Å². The van der Waals surface area contributed by atoms with E-state index in [-0.39, 0.29) is 20.1 Å². The summed E-state index contributed by atoms with van der Waals surface area (Å²) in [6.45, 7) is 6.92. The lowest BCUT2D eigenvalue weighted by Gasteiger charge is -2.42. The zero-order valence-electron chi connectivity index (χ0n) is 24.4. The molecular formula is C34H49NO2P2. The second-order valence-corrected chi connectivity index (χ2v) is 18.3. The van der Waals surface area contributed by atoms with Crippen molar-refractivity contribution in [3.8, 4) is 0 Å². The molecule has 5 heteroatoms. The molecule has 3 fully saturated rings. The molecule has 2 saturated carbocycles. The van der Waals surface area contributed by atoms with Crippen molar-refractivity contribution in [2.45, 2.75) is 120 Å². The van der Waals surface area contributed by atoms with Gasteiger partial charge in [-0.05, 0) is 94.5 Å². The Kier molecular flexibility index (Phi) is 10.1. The Morgan fingerprint density at radius 3 is 1.72 bits per heavy atom. The molecule has 0 aromatic heterocycles. The van der Waals surface area contributed by atoms with Crippen LogP contribution >= 0.6 is 15.8 Å². The third kappa shape index (κ3) is 7.65. The van der Waals surface area contributed by atoms with Gasteiger partial charge in [-0.2, -0.15) is 0 Å². The maximum absolute atomic E-state index is 13.8. The number of benzene rings is 2. The van der Waals surface area contributed by atoms with Gasteiger partial charge in [-0.3, -0.25) is 0 Å². The van der Waals surface area contributed by atoms with E-state index in [1.165, 1.54) is 74.8 Å². The highest BCUT2D eigenvalue weighted by molar-refractivity contribution is 7.73. The molecule has 2 atom stereocenters. The molecule has 0 radical (unpaired) electrons. The first kappa shape index (κ1) is 29.1. The van der Waals surface area contributed by atoms with Gasteiger partial charge in [0.05, 0.1) is 0 Å². The number of hydrogen-bond acceptors (Lipinski definition) is 2. The summed E-state index contributed by atoms with van der Waals surface area (Å²) in [6.07, 6.45) is 16.3. The highest BCUT2D eigenvalue weighted by atomic mass is 31.1. The van der Waals surface area contributed by atoms with Gasteiger partial charge in [-0.25, -0.2) is 4.79 Å². The van der Waals surface area contributed by atoms with Crippen LogP contribution in [0.2, 0.25) is 0 Å². The standard InChI is InChI=1S/C34H49NO2P2/c1-34(2,3)37-33(36)35-25-32(39(30-20-12-6-13-21-30)31-22-14-7-15-23-31)24-27(35)26-38(28-16-8-4-9-17-28)29-18-10-5-11-19-29/h4-5,8-11,16-19,27,30-32H,6-7,12-15,20-26H2,1-3H3/t27-,32-/m0/s1. The van der Waals surface area contributed by atoms with Gasteiger partial charge in [0.25, 0.3) is 0 Å². The van der Waals surface area contributed by atoms with Crippen LogP contribution in [0.4, 0.5) is 4.79 Å². The molecule has 3 nitrogen and oxygen atoms in total. The summed E-state index contributed by atoms with van der Waals surface area (Å²) in [5.74, 6) is 0. The summed E-state index contributed by atoms with van der Waals surface area (Å²) in [6, 6.07) is 22.3. The first-order chi connectivity index (χ1) is 18.9. The van der Waals surface area contributed by atoms with Crippen LogP contribution in [0.5, 0.6) is 0 Å². The molecule has 2 aromatic carbocycles. The van der Waals surface area contributed by atoms with Gasteiger partial charge in [-0.1, -0.05) is 107 Å². The van der Waals surface area contributed by atoms with E-state index in [1.807, 2.05) is 20.8 Å². The quantitative estimate of drug-likeness (QED) is 0.315. The Bertz CT molecular complexity index is 971. The fourth-order valence-corrected chi connectivity index (χ4v) is 14.4. The molecule has 1 heterocycles. The molecule has 0 spiro atoms. The monoisotopic (exact) mass is 565 g/mol. The van der Waals surface area contributed by atoms with Gasteiger partial charge in [0, 0.05) is 12.6 Å². The highest BCUT2D eigenvalue weighted by Crippen LogP contribution is 2.61. The Labute approximate surface area is 240 Å². The number of likely N-dealkylation sites (tertiary alicyclic amines) is 1.